The summed E-state index contributed by atoms with van der Waals surface area (Å²) in [6.07, 6.45) is 0. The van der Waals surface area contributed by atoms with E-state index in [9.17, 15) is 4.39 Å². The van der Waals surface area contributed by atoms with E-state index in [-0.39, 0.29) is 5.82 Å². The molecule has 3 heteroatoms. The van der Waals surface area contributed by atoms with Crippen LogP contribution in [0.3, 0.4) is 0 Å². The Kier molecular flexibility index (Phi) is 4.39. The van der Waals surface area contributed by atoms with E-state index >= 15 is 0 Å². The summed E-state index contributed by atoms with van der Waals surface area (Å²) in [5, 5.41) is 3.16. The molecule has 0 radical (unpaired) electrons. The molecule has 0 saturated heterocycles. The molecule has 0 spiro atoms. The van der Waals surface area contributed by atoms with Gasteiger partial charge in [0.2, 0.25) is 0 Å². The molecule has 0 unspecified atom stereocenters. The van der Waals surface area contributed by atoms with Crippen LogP contribution in [0.1, 0.15) is 11.1 Å². The summed E-state index contributed by atoms with van der Waals surface area (Å²) in [6.45, 7) is 2.90. The van der Waals surface area contributed by atoms with Crippen molar-refractivity contribution >= 4 is 11.8 Å². The van der Waals surface area contributed by atoms with Gasteiger partial charge >= 0.3 is 0 Å². The number of aryl methyl sites for hydroxylation is 1. The van der Waals surface area contributed by atoms with Crippen molar-refractivity contribution in [1.82, 2.24) is 5.32 Å². The maximum absolute atomic E-state index is 13.2. The first-order valence-electron chi connectivity index (χ1n) is 5.86. The highest BCUT2D eigenvalue weighted by Gasteiger charge is 2.05. The van der Waals surface area contributed by atoms with Gasteiger partial charge in [-0.15, -0.1) is 0 Å². The molecule has 2 aromatic rings. The molecule has 2 rings (SSSR count). The zero-order chi connectivity index (χ0) is 13.0. The van der Waals surface area contributed by atoms with Gasteiger partial charge < -0.3 is 5.32 Å². The van der Waals surface area contributed by atoms with Crippen LogP contribution in [0.15, 0.2) is 52.3 Å². The van der Waals surface area contributed by atoms with Crippen LogP contribution in [0.4, 0.5) is 4.39 Å². The largest absolute Gasteiger partial charge is 0.316 e. The number of benzene rings is 2. The highest BCUT2D eigenvalue weighted by molar-refractivity contribution is 7.99. The zero-order valence-electron chi connectivity index (χ0n) is 10.5. The first-order valence-corrected chi connectivity index (χ1v) is 6.68. The third-order valence-electron chi connectivity index (χ3n) is 2.61. The number of rotatable bonds is 4. The van der Waals surface area contributed by atoms with Crippen molar-refractivity contribution in [3.05, 3.63) is 59.4 Å². The van der Waals surface area contributed by atoms with E-state index in [1.165, 1.54) is 22.1 Å². The highest BCUT2D eigenvalue weighted by atomic mass is 32.2. The SMILES string of the molecule is CNCc1cc(C)ccc1Sc1cccc(F)c1. The fourth-order valence-corrected chi connectivity index (χ4v) is 2.76. The Morgan fingerprint density at radius 2 is 2.00 bits per heavy atom. The maximum atomic E-state index is 13.2. The molecule has 0 bridgehead atoms. The van der Waals surface area contributed by atoms with Crippen molar-refractivity contribution in [2.24, 2.45) is 0 Å². The molecule has 0 aromatic heterocycles. The highest BCUT2D eigenvalue weighted by Crippen LogP contribution is 2.31. The van der Waals surface area contributed by atoms with Crippen LogP contribution in [-0.2, 0) is 6.54 Å². The van der Waals surface area contributed by atoms with Gasteiger partial charge in [-0.25, -0.2) is 4.39 Å². The summed E-state index contributed by atoms with van der Waals surface area (Å²) in [6, 6.07) is 13.0. The Labute approximate surface area is 111 Å². The van der Waals surface area contributed by atoms with Gasteiger partial charge in [-0.1, -0.05) is 35.5 Å². The Hall–Kier alpha value is -1.32. The molecular formula is C15H16FNS. The predicted octanol–water partition coefficient (Wildman–Crippen LogP) is 4.00. The maximum Gasteiger partial charge on any atom is 0.124 e. The molecule has 1 N–H and O–H groups in total. The molecule has 2 aromatic carbocycles. The standard InChI is InChI=1S/C15H16FNS/c1-11-6-7-15(12(8-11)10-17-2)18-14-5-3-4-13(16)9-14/h3-9,17H,10H2,1-2H3. The van der Waals surface area contributed by atoms with Gasteiger partial charge in [-0.2, -0.15) is 0 Å². The predicted molar refractivity (Wildman–Crippen MR) is 74.5 cm³/mol. The van der Waals surface area contributed by atoms with Gasteiger partial charge in [0.1, 0.15) is 5.82 Å². The fourth-order valence-electron chi connectivity index (χ4n) is 1.79. The van der Waals surface area contributed by atoms with Gasteiger partial charge in [0.15, 0.2) is 0 Å². The Balaban J connectivity index is 2.28. The van der Waals surface area contributed by atoms with Gasteiger partial charge in [0.05, 0.1) is 0 Å². The van der Waals surface area contributed by atoms with E-state index in [0.29, 0.717) is 0 Å². The van der Waals surface area contributed by atoms with E-state index in [1.807, 2.05) is 13.1 Å². The van der Waals surface area contributed by atoms with Crippen LogP contribution < -0.4 is 5.32 Å². The molecule has 0 atom stereocenters. The van der Waals surface area contributed by atoms with Crippen LogP contribution in [-0.4, -0.2) is 7.05 Å². The summed E-state index contributed by atoms with van der Waals surface area (Å²) >= 11 is 1.60. The smallest absolute Gasteiger partial charge is 0.124 e. The quantitative estimate of drug-likeness (QED) is 0.892. The van der Waals surface area contributed by atoms with E-state index in [1.54, 1.807) is 23.9 Å². The first-order chi connectivity index (χ1) is 8.69. The molecule has 18 heavy (non-hydrogen) atoms. The van der Waals surface area contributed by atoms with Crippen LogP contribution in [0.25, 0.3) is 0 Å². The Bertz CT molecular complexity index is 540. The summed E-state index contributed by atoms with van der Waals surface area (Å²) in [7, 11) is 1.93. The lowest BCUT2D eigenvalue weighted by molar-refractivity contribution is 0.624. The van der Waals surface area contributed by atoms with Crippen molar-refractivity contribution in [3.8, 4) is 0 Å². The molecule has 0 aliphatic carbocycles. The zero-order valence-corrected chi connectivity index (χ0v) is 11.4. The van der Waals surface area contributed by atoms with Crippen molar-refractivity contribution < 1.29 is 4.39 Å². The molecule has 0 heterocycles. The third kappa shape index (κ3) is 3.34. The molecule has 0 amide bonds. The number of hydrogen-bond donors (Lipinski definition) is 1. The van der Waals surface area contributed by atoms with E-state index in [2.05, 4.69) is 30.4 Å². The number of hydrogen-bond acceptors (Lipinski definition) is 2. The molecule has 0 aliphatic heterocycles. The number of halogens is 1. The first kappa shape index (κ1) is 13.1. The molecule has 94 valence electrons. The average Bonchev–Trinajstić information content (AvgIpc) is 2.33. The van der Waals surface area contributed by atoms with Crippen LogP contribution in [0.5, 0.6) is 0 Å². The van der Waals surface area contributed by atoms with Gasteiger partial charge in [0, 0.05) is 16.3 Å². The second-order valence-corrected chi connectivity index (χ2v) is 5.32. The van der Waals surface area contributed by atoms with Crippen LogP contribution >= 0.6 is 11.8 Å². The van der Waals surface area contributed by atoms with E-state index < -0.39 is 0 Å². The van der Waals surface area contributed by atoms with E-state index in [0.717, 1.165) is 11.4 Å². The Morgan fingerprint density at radius 3 is 2.72 bits per heavy atom. The third-order valence-corrected chi connectivity index (χ3v) is 3.71. The van der Waals surface area contributed by atoms with Crippen molar-refractivity contribution in [1.29, 1.82) is 0 Å². The van der Waals surface area contributed by atoms with Crippen molar-refractivity contribution in [2.75, 3.05) is 7.05 Å². The minimum Gasteiger partial charge on any atom is -0.316 e. The normalized spacial score (nSPS) is 10.6. The molecular weight excluding hydrogens is 245 g/mol. The number of nitrogens with one attached hydrogen (secondary N) is 1. The fraction of sp³-hybridized carbons (Fsp3) is 0.200. The lowest BCUT2D eigenvalue weighted by Gasteiger charge is -2.10. The second-order valence-electron chi connectivity index (χ2n) is 4.20. The average molecular weight is 261 g/mol. The van der Waals surface area contributed by atoms with E-state index in [4.69, 9.17) is 0 Å². The van der Waals surface area contributed by atoms with Gasteiger partial charge in [0.25, 0.3) is 0 Å². The summed E-state index contributed by atoms with van der Waals surface area (Å²) in [4.78, 5) is 2.09. The lowest BCUT2D eigenvalue weighted by Crippen LogP contribution is -2.06. The second kappa shape index (κ2) is 6.03. The van der Waals surface area contributed by atoms with Crippen LogP contribution in [0, 0.1) is 12.7 Å². The van der Waals surface area contributed by atoms with Crippen molar-refractivity contribution in [3.63, 3.8) is 0 Å². The van der Waals surface area contributed by atoms with Crippen molar-refractivity contribution in [2.45, 2.75) is 23.3 Å². The minimum atomic E-state index is -0.192. The summed E-state index contributed by atoms with van der Waals surface area (Å²) in [5.74, 6) is -0.192. The molecule has 0 saturated carbocycles. The van der Waals surface area contributed by atoms with Gasteiger partial charge in [-0.3, -0.25) is 0 Å². The monoisotopic (exact) mass is 261 g/mol. The summed E-state index contributed by atoms with van der Waals surface area (Å²) in [5.41, 5.74) is 2.48. The molecule has 0 aliphatic rings. The molecule has 0 fully saturated rings. The minimum absolute atomic E-state index is 0.192. The molecule has 1 nitrogen and oxygen atoms in total. The van der Waals surface area contributed by atoms with Crippen LogP contribution in [0.2, 0.25) is 0 Å². The van der Waals surface area contributed by atoms with Gasteiger partial charge in [-0.05, 0) is 43.8 Å². The Morgan fingerprint density at radius 1 is 1.17 bits per heavy atom. The topological polar surface area (TPSA) is 12.0 Å². The lowest BCUT2D eigenvalue weighted by atomic mass is 10.1. The summed E-state index contributed by atoms with van der Waals surface area (Å²) < 4.78 is 13.2.